The predicted octanol–water partition coefficient (Wildman–Crippen LogP) is -1.66. The fourth-order valence-corrected chi connectivity index (χ4v) is 0.163. The fraction of sp³-hybridized carbons (Fsp3) is 0.500. The monoisotopic (exact) mass is 182 g/mol. The Balaban J connectivity index is -0.000000245. The van der Waals surface area contributed by atoms with Crippen LogP contribution in [-0.2, 0) is 14.3 Å². The molecule has 0 rings (SSSR count). The summed E-state index contributed by atoms with van der Waals surface area (Å²) in [5, 5.41) is 7.89. The molecule has 0 fully saturated rings. The van der Waals surface area contributed by atoms with E-state index >= 15 is 0 Å². The van der Waals surface area contributed by atoms with Crippen molar-refractivity contribution in [3.05, 3.63) is 0 Å². The number of carbonyl (C=O) groups excluding carboxylic acids is 1. The van der Waals surface area contributed by atoms with Gasteiger partial charge < -0.3 is 9.84 Å². The molecule has 0 radical (unpaired) electrons. The summed E-state index contributed by atoms with van der Waals surface area (Å²) in [6.45, 7) is 0.609. The molecule has 4 nitrogen and oxygen atoms in total. The van der Waals surface area contributed by atoms with Crippen LogP contribution in [0.25, 0.3) is 0 Å². The SMILES string of the molecule is CC(=O)OCC(=O)O.[KH].[NaH]. The van der Waals surface area contributed by atoms with Crippen molar-refractivity contribution in [2.45, 2.75) is 6.92 Å². The maximum absolute atomic E-state index is 9.86. The number of carboxylic acids is 1. The molecule has 0 unspecified atom stereocenters. The first kappa shape index (κ1) is 17.6. The zero-order chi connectivity index (χ0) is 6.57. The van der Waals surface area contributed by atoms with Gasteiger partial charge in [0.25, 0.3) is 0 Å². The van der Waals surface area contributed by atoms with Crippen molar-refractivity contribution in [1.82, 2.24) is 0 Å². The second-order valence-electron chi connectivity index (χ2n) is 1.17. The van der Waals surface area contributed by atoms with E-state index in [1.807, 2.05) is 0 Å². The van der Waals surface area contributed by atoms with Crippen LogP contribution < -0.4 is 0 Å². The van der Waals surface area contributed by atoms with Gasteiger partial charge in [-0.2, -0.15) is 0 Å². The van der Waals surface area contributed by atoms with Gasteiger partial charge in [-0.3, -0.25) is 4.79 Å². The molecule has 0 aromatic heterocycles. The number of carbonyl (C=O) groups is 2. The van der Waals surface area contributed by atoms with Crippen LogP contribution in [-0.4, -0.2) is 105 Å². The third-order valence-corrected chi connectivity index (χ3v) is 0.399. The van der Waals surface area contributed by atoms with E-state index in [1.54, 1.807) is 0 Å². The first-order valence-electron chi connectivity index (χ1n) is 1.98. The number of hydrogen-bond donors (Lipinski definition) is 1. The molecule has 0 aliphatic rings. The zero-order valence-corrected chi connectivity index (χ0v) is 4.38. The molecule has 10 heavy (non-hydrogen) atoms. The van der Waals surface area contributed by atoms with Crippen molar-refractivity contribution in [3.63, 3.8) is 0 Å². The molecule has 0 saturated heterocycles. The summed E-state index contributed by atoms with van der Waals surface area (Å²) in [7, 11) is 0. The Hall–Kier alpha value is 1.58. The van der Waals surface area contributed by atoms with E-state index in [0.717, 1.165) is 6.92 Å². The van der Waals surface area contributed by atoms with E-state index in [2.05, 4.69) is 4.74 Å². The Kier molecular flexibility index (Phi) is 18.6. The van der Waals surface area contributed by atoms with E-state index in [-0.39, 0.29) is 80.9 Å². The molecule has 0 bridgehead atoms. The third kappa shape index (κ3) is 16.3. The van der Waals surface area contributed by atoms with Crippen molar-refractivity contribution in [2.24, 2.45) is 0 Å². The van der Waals surface area contributed by atoms with Crippen molar-refractivity contribution in [2.75, 3.05) is 6.61 Å². The van der Waals surface area contributed by atoms with Crippen LogP contribution in [0.3, 0.4) is 0 Å². The Labute approximate surface area is 123 Å². The Morgan fingerprint density at radius 1 is 1.50 bits per heavy atom. The number of aliphatic carboxylic acids is 1. The minimum absolute atomic E-state index is 0. The summed E-state index contributed by atoms with van der Waals surface area (Å²) in [5.74, 6) is -1.72. The van der Waals surface area contributed by atoms with Crippen LogP contribution in [0.15, 0.2) is 0 Å². The molecule has 50 valence electrons. The van der Waals surface area contributed by atoms with Gasteiger partial charge in [-0.25, -0.2) is 4.79 Å². The summed E-state index contributed by atoms with van der Waals surface area (Å²) in [5.41, 5.74) is 0. The average Bonchev–Trinajstić information content (AvgIpc) is 1.61. The van der Waals surface area contributed by atoms with Crippen molar-refractivity contribution >= 4 is 92.9 Å². The molecule has 1 N–H and O–H groups in total. The quantitative estimate of drug-likeness (QED) is 0.410. The number of rotatable bonds is 2. The molecule has 0 saturated carbocycles. The minimum atomic E-state index is -1.14. The van der Waals surface area contributed by atoms with E-state index in [9.17, 15) is 9.59 Å². The molecule has 0 amide bonds. The zero-order valence-electron chi connectivity index (χ0n) is 4.38. The van der Waals surface area contributed by atoms with E-state index in [1.165, 1.54) is 0 Å². The van der Waals surface area contributed by atoms with E-state index in [0.29, 0.717) is 0 Å². The molecule has 0 heterocycles. The predicted molar refractivity (Wildman–Crippen MR) is 38.6 cm³/mol. The second-order valence-corrected chi connectivity index (χ2v) is 1.17. The molecule has 0 aliphatic carbocycles. The fourth-order valence-electron chi connectivity index (χ4n) is 0.163. The second kappa shape index (κ2) is 10.6. The van der Waals surface area contributed by atoms with E-state index < -0.39 is 18.5 Å². The van der Waals surface area contributed by atoms with Crippen LogP contribution in [0.4, 0.5) is 0 Å². The molecule has 0 aliphatic heterocycles. The molecule has 6 heteroatoms. The van der Waals surface area contributed by atoms with Crippen LogP contribution in [0, 0.1) is 0 Å². The molecule has 0 aromatic rings. The molecular formula is C4H8KNaO4. The van der Waals surface area contributed by atoms with Gasteiger partial charge in [0.05, 0.1) is 0 Å². The van der Waals surface area contributed by atoms with Crippen molar-refractivity contribution in [1.29, 1.82) is 0 Å². The number of hydrogen-bond acceptors (Lipinski definition) is 3. The first-order chi connectivity index (χ1) is 3.63. The maximum atomic E-state index is 9.86. The number of carboxylic acid groups (broad SMARTS) is 1. The summed E-state index contributed by atoms with van der Waals surface area (Å²) < 4.78 is 4.06. The summed E-state index contributed by atoms with van der Waals surface area (Å²) in [6, 6.07) is 0. The molecular weight excluding hydrogens is 174 g/mol. The summed E-state index contributed by atoms with van der Waals surface area (Å²) >= 11 is 0. The molecule has 0 spiro atoms. The van der Waals surface area contributed by atoms with E-state index in [4.69, 9.17) is 5.11 Å². The Morgan fingerprint density at radius 2 is 1.90 bits per heavy atom. The van der Waals surface area contributed by atoms with Gasteiger partial charge in [-0.15, -0.1) is 0 Å². The topological polar surface area (TPSA) is 63.6 Å². The molecule has 0 atom stereocenters. The summed E-state index contributed by atoms with van der Waals surface area (Å²) in [6.07, 6.45) is 0. The third-order valence-electron chi connectivity index (χ3n) is 0.399. The standard InChI is InChI=1S/C4H6O4.K.Na.2H/c1-3(5)8-2-4(6)7;;;;/h2H2,1H3,(H,6,7);;;;. The molecule has 0 aromatic carbocycles. The summed E-state index contributed by atoms with van der Waals surface area (Å²) in [4.78, 5) is 19.5. The van der Waals surface area contributed by atoms with Gasteiger partial charge in [0.2, 0.25) is 0 Å². The van der Waals surface area contributed by atoms with Gasteiger partial charge in [-0.1, -0.05) is 0 Å². The van der Waals surface area contributed by atoms with Gasteiger partial charge in [-0.05, 0) is 0 Å². The van der Waals surface area contributed by atoms with Crippen molar-refractivity contribution < 1.29 is 19.4 Å². The van der Waals surface area contributed by atoms with Crippen molar-refractivity contribution in [3.8, 4) is 0 Å². The van der Waals surface area contributed by atoms with Crippen LogP contribution in [0.1, 0.15) is 6.92 Å². The number of ether oxygens (including phenoxy) is 1. The Bertz CT molecular complexity index is 102. The van der Waals surface area contributed by atoms with Gasteiger partial charge in [0, 0.05) is 6.92 Å². The van der Waals surface area contributed by atoms with Gasteiger partial charge in [0.1, 0.15) is 0 Å². The average molecular weight is 182 g/mol. The van der Waals surface area contributed by atoms with Gasteiger partial charge >= 0.3 is 92.9 Å². The normalized spacial score (nSPS) is 6.50. The van der Waals surface area contributed by atoms with Crippen LogP contribution in [0.2, 0.25) is 0 Å². The number of esters is 1. The van der Waals surface area contributed by atoms with Gasteiger partial charge in [0.15, 0.2) is 6.61 Å². The van der Waals surface area contributed by atoms with Crippen LogP contribution in [0.5, 0.6) is 0 Å². The first-order valence-corrected chi connectivity index (χ1v) is 1.98. The Morgan fingerprint density at radius 3 is 2.00 bits per heavy atom. The van der Waals surface area contributed by atoms with Crippen LogP contribution >= 0.6 is 0 Å².